The first-order valence-electron chi connectivity index (χ1n) is 5.26. The molecule has 0 atom stereocenters. The molecule has 0 saturated heterocycles. The highest BCUT2D eigenvalue weighted by Crippen LogP contribution is 2.27. The molecule has 0 unspecified atom stereocenters. The van der Waals surface area contributed by atoms with Crippen LogP contribution in [-0.2, 0) is 6.42 Å². The summed E-state index contributed by atoms with van der Waals surface area (Å²) >= 11 is 0. The second kappa shape index (κ2) is 4.00. The van der Waals surface area contributed by atoms with Gasteiger partial charge in [0.05, 0.1) is 0 Å². The second-order valence-electron chi connectivity index (χ2n) is 3.95. The zero-order valence-corrected chi connectivity index (χ0v) is 9.99. The molecular formula is C14H20. The van der Waals surface area contributed by atoms with E-state index in [0.29, 0.717) is 0 Å². The van der Waals surface area contributed by atoms with Crippen molar-refractivity contribution >= 4 is 6.08 Å². The maximum absolute atomic E-state index is 3.90. The maximum atomic E-state index is 3.90. The van der Waals surface area contributed by atoms with Crippen LogP contribution in [0.25, 0.3) is 6.08 Å². The Bertz CT molecular complexity index is 370. The van der Waals surface area contributed by atoms with E-state index in [2.05, 4.69) is 41.2 Å². The van der Waals surface area contributed by atoms with Crippen LogP contribution >= 0.6 is 0 Å². The van der Waals surface area contributed by atoms with Crippen LogP contribution in [0.2, 0.25) is 0 Å². The topological polar surface area (TPSA) is 0 Å². The van der Waals surface area contributed by atoms with Crippen LogP contribution < -0.4 is 0 Å². The van der Waals surface area contributed by atoms with Crippen molar-refractivity contribution in [1.29, 1.82) is 0 Å². The first-order chi connectivity index (χ1) is 6.54. The normalized spacial score (nSPS) is 10.4. The lowest BCUT2D eigenvalue weighted by Crippen LogP contribution is -2.01. The van der Waals surface area contributed by atoms with E-state index in [9.17, 15) is 0 Å². The van der Waals surface area contributed by atoms with Gasteiger partial charge in [-0.3, -0.25) is 0 Å². The minimum absolute atomic E-state index is 1.11. The fraction of sp³-hybridized carbons (Fsp3) is 0.429. The van der Waals surface area contributed by atoms with Gasteiger partial charge in [0.1, 0.15) is 0 Å². The molecule has 0 heterocycles. The SMILES string of the molecule is C=Cc1c(C)c(C)c(C)c(CC)c1C. The summed E-state index contributed by atoms with van der Waals surface area (Å²) in [4.78, 5) is 0. The highest BCUT2D eigenvalue weighted by Gasteiger charge is 2.10. The van der Waals surface area contributed by atoms with E-state index >= 15 is 0 Å². The lowest BCUT2D eigenvalue weighted by Gasteiger charge is -2.17. The van der Waals surface area contributed by atoms with Gasteiger partial charge in [0.2, 0.25) is 0 Å². The summed E-state index contributed by atoms with van der Waals surface area (Å²) in [6, 6.07) is 0. The zero-order chi connectivity index (χ0) is 10.9. The Kier molecular flexibility index (Phi) is 3.15. The summed E-state index contributed by atoms with van der Waals surface area (Å²) in [5.74, 6) is 0. The molecule has 0 N–H and O–H groups in total. The minimum atomic E-state index is 1.11. The summed E-state index contributed by atoms with van der Waals surface area (Å²) in [5, 5.41) is 0. The first kappa shape index (κ1) is 11.0. The number of hydrogen-bond donors (Lipinski definition) is 0. The molecule has 14 heavy (non-hydrogen) atoms. The van der Waals surface area contributed by atoms with E-state index in [-0.39, 0.29) is 0 Å². The molecule has 0 aliphatic rings. The predicted octanol–water partition coefficient (Wildman–Crippen LogP) is 4.13. The monoisotopic (exact) mass is 188 g/mol. The highest BCUT2D eigenvalue weighted by atomic mass is 14.2. The molecule has 76 valence electrons. The Balaban J connectivity index is 3.64. The fourth-order valence-corrected chi connectivity index (χ4v) is 2.27. The summed E-state index contributed by atoms with van der Waals surface area (Å²) in [6.07, 6.45) is 3.09. The predicted molar refractivity (Wildman–Crippen MR) is 64.9 cm³/mol. The Morgan fingerprint density at radius 3 is 1.93 bits per heavy atom. The average molecular weight is 188 g/mol. The molecule has 0 nitrogen and oxygen atoms in total. The van der Waals surface area contributed by atoms with Gasteiger partial charge in [0.25, 0.3) is 0 Å². The van der Waals surface area contributed by atoms with E-state index in [0.717, 1.165) is 6.42 Å². The molecule has 1 rings (SSSR count). The quantitative estimate of drug-likeness (QED) is 0.654. The number of hydrogen-bond acceptors (Lipinski definition) is 0. The van der Waals surface area contributed by atoms with Gasteiger partial charge in [-0.15, -0.1) is 0 Å². The summed E-state index contributed by atoms with van der Waals surface area (Å²) in [5.41, 5.74) is 8.47. The Morgan fingerprint density at radius 2 is 1.50 bits per heavy atom. The summed E-state index contributed by atoms with van der Waals surface area (Å²) in [7, 11) is 0. The van der Waals surface area contributed by atoms with Gasteiger partial charge in [0.15, 0.2) is 0 Å². The molecule has 1 aromatic rings. The largest absolute Gasteiger partial charge is 0.0984 e. The van der Waals surface area contributed by atoms with E-state index in [1.807, 2.05) is 6.08 Å². The van der Waals surface area contributed by atoms with Crippen molar-refractivity contribution in [2.45, 2.75) is 41.0 Å². The Labute approximate surface area is 87.7 Å². The van der Waals surface area contributed by atoms with Crippen LogP contribution in [0.4, 0.5) is 0 Å². The average Bonchev–Trinajstić information content (AvgIpc) is 2.16. The van der Waals surface area contributed by atoms with Crippen molar-refractivity contribution in [3.05, 3.63) is 40.0 Å². The van der Waals surface area contributed by atoms with Crippen molar-refractivity contribution in [3.63, 3.8) is 0 Å². The Morgan fingerprint density at radius 1 is 0.929 bits per heavy atom. The van der Waals surface area contributed by atoms with Crippen LogP contribution in [0.1, 0.15) is 40.3 Å². The smallest absolute Gasteiger partial charge is 0.0198 e. The zero-order valence-electron chi connectivity index (χ0n) is 9.99. The molecule has 0 amide bonds. The number of benzene rings is 1. The van der Waals surface area contributed by atoms with Crippen LogP contribution in [0.3, 0.4) is 0 Å². The third-order valence-corrected chi connectivity index (χ3v) is 3.40. The molecule has 1 aromatic carbocycles. The lowest BCUT2D eigenvalue weighted by molar-refractivity contribution is 1.05. The van der Waals surface area contributed by atoms with E-state index in [4.69, 9.17) is 0 Å². The van der Waals surface area contributed by atoms with Gasteiger partial charge in [0, 0.05) is 0 Å². The second-order valence-corrected chi connectivity index (χ2v) is 3.95. The van der Waals surface area contributed by atoms with Crippen LogP contribution in [0, 0.1) is 27.7 Å². The molecular weight excluding hydrogens is 168 g/mol. The fourth-order valence-electron chi connectivity index (χ4n) is 2.27. The highest BCUT2D eigenvalue weighted by molar-refractivity contribution is 5.62. The lowest BCUT2D eigenvalue weighted by atomic mass is 9.88. The molecule has 0 bridgehead atoms. The molecule has 0 radical (unpaired) electrons. The molecule has 0 fully saturated rings. The van der Waals surface area contributed by atoms with Crippen molar-refractivity contribution in [3.8, 4) is 0 Å². The van der Waals surface area contributed by atoms with E-state index < -0.39 is 0 Å². The van der Waals surface area contributed by atoms with Crippen LogP contribution in [0.5, 0.6) is 0 Å². The molecule has 0 heteroatoms. The molecule has 0 aromatic heterocycles. The molecule has 0 aliphatic carbocycles. The van der Waals surface area contributed by atoms with Crippen molar-refractivity contribution in [1.82, 2.24) is 0 Å². The third kappa shape index (κ3) is 1.50. The van der Waals surface area contributed by atoms with Crippen molar-refractivity contribution in [2.24, 2.45) is 0 Å². The van der Waals surface area contributed by atoms with E-state index in [1.165, 1.54) is 33.4 Å². The van der Waals surface area contributed by atoms with Gasteiger partial charge in [-0.05, 0) is 67.5 Å². The standard InChI is InChI=1S/C14H20/c1-7-13-10(4)9(3)11(5)14(8-2)12(13)6/h7H,1,8H2,2-6H3. The minimum Gasteiger partial charge on any atom is -0.0984 e. The van der Waals surface area contributed by atoms with Crippen molar-refractivity contribution < 1.29 is 0 Å². The van der Waals surface area contributed by atoms with Gasteiger partial charge < -0.3 is 0 Å². The van der Waals surface area contributed by atoms with E-state index in [1.54, 1.807) is 0 Å². The summed E-state index contributed by atoms with van der Waals surface area (Å²) < 4.78 is 0. The molecule has 0 spiro atoms. The third-order valence-electron chi connectivity index (χ3n) is 3.40. The van der Waals surface area contributed by atoms with Gasteiger partial charge in [-0.2, -0.15) is 0 Å². The van der Waals surface area contributed by atoms with Crippen molar-refractivity contribution in [2.75, 3.05) is 0 Å². The Hall–Kier alpha value is -1.04. The number of rotatable bonds is 2. The van der Waals surface area contributed by atoms with Crippen LogP contribution in [-0.4, -0.2) is 0 Å². The maximum Gasteiger partial charge on any atom is -0.0198 e. The van der Waals surface area contributed by atoms with Gasteiger partial charge >= 0.3 is 0 Å². The first-order valence-corrected chi connectivity index (χ1v) is 5.26. The van der Waals surface area contributed by atoms with Crippen LogP contribution in [0.15, 0.2) is 6.58 Å². The molecule has 0 aliphatic heterocycles. The molecule has 0 saturated carbocycles. The summed E-state index contributed by atoms with van der Waals surface area (Å²) in [6.45, 7) is 14.9. The van der Waals surface area contributed by atoms with Gasteiger partial charge in [-0.25, -0.2) is 0 Å². The van der Waals surface area contributed by atoms with Gasteiger partial charge in [-0.1, -0.05) is 19.6 Å².